The molecule has 2 aliphatic rings. The van der Waals surface area contributed by atoms with Gasteiger partial charge in [0, 0.05) is 17.4 Å². The first kappa shape index (κ1) is 31.9. The summed E-state index contributed by atoms with van der Waals surface area (Å²) in [6.45, 7) is 16.1. The highest BCUT2D eigenvalue weighted by molar-refractivity contribution is 6.10. The normalized spacial score (nSPS) is 19.5. The number of aliphatic hydroxyl groups is 1. The fourth-order valence-corrected chi connectivity index (χ4v) is 5.43. The molecule has 212 valence electrons. The maximum absolute atomic E-state index is 13.3. The van der Waals surface area contributed by atoms with Gasteiger partial charge < -0.3 is 10.2 Å². The van der Waals surface area contributed by atoms with Crippen molar-refractivity contribution in [3.8, 4) is 0 Å². The Bertz CT molecular complexity index is 1040. The summed E-state index contributed by atoms with van der Waals surface area (Å²) in [5.74, 6) is -0.630. The van der Waals surface area contributed by atoms with Crippen molar-refractivity contribution in [1.82, 2.24) is 0 Å². The number of ketones is 2. The molecule has 0 aromatic carbocycles. The maximum atomic E-state index is 13.3. The summed E-state index contributed by atoms with van der Waals surface area (Å²) in [4.78, 5) is 38.0. The third-order valence-corrected chi connectivity index (χ3v) is 7.80. The lowest BCUT2D eigenvalue weighted by molar-refractivity contribution is -0.147. The van der Waals surface area contributed by atoms with Gasteiger partial charge in [0.15, 0.2) is 11.6 Å². The highest BCUT2D eigenvalue weighted by Crippen LogP contribution is 2.37. The number of allylic oxidation sites excluding steroid dienone is 8. The standard InChI is InChI=1S/C33H50O5/c1-30(2,22-34)16-10-14-25-20-31(3,4)18-23(27(25)35)12-9-13-24-19-32(5,6)21-26(28(24)36)15-11-17-33(7,8)29(37)38/h18-21,34H,9-17,22H2,1-8H3,(H,37,38). The highest BCUT2D eigenvalue weighted by Gasteiger charge is 2.31. The van der Waals surface area contributed by atoms with Gasteiger partial charge in [-0.2, -0.15) is 0 Å². The van der Waals surface area contributed by atoms with Gasteiger partial charge in [0.05, 0.1) is 5.41 Å². The first-order valence-electron chi connectivity index (χ1n) is 14.2. The van der Waals surface area contributed by atoms with E-state index in [2.05, 4.69) is 45.9 Å². The van der Waals surface area contributed by atoms with Gasteiger partial charge in [0.2, 0.25) is 0 Å². The molecule has 38 heavy (non-hydrogen) atoms. The monoisotopic (exact) mass is 526 g/mol. The molecular formula is C33H50O5. The number of hydrogen-bond donors (Lipinski definition) is 2. The van der Waals surface area contributed by atoms with Gasteiger partial charge in [-0.05, 0) is 99.3 Å². The Morgan fingerprint density at radius 2 is 1.03 bits per heavy atom. The zero-order chi connectivity index (χ0) is 28.9. The van der Waals surface area contributed by atoms with E-state index in [1.165, 1.54) is 0 Å². The molecule has 0 saturated carbocycles. The molecule has 2 aliphatic carbocycles. The van der Waals surface area contributed by atoms with E-state index in [1.54, 1.807) is 13.8 Å². The van der Waals surface area contributed by atoms with Crippen molar-refractivity contribution < 1.29 is 24.6 Å². The number of carbonyl (C=O) groups excluding carboxylic acids is 2. The molecule has 0 spiro atoms. The third kappa shape index (κ3) is 9.18. The summed E-state index contributed by atoms with van der Waals surface area (Å²) in [5.41, 5.74) is 1.92. The smallest absolute Gasteiger partial charge is 0.309 e. The van der Waals surface area contributed by atoms with E-state index in [0.717, 1.165) is 41.6 Å². The number of aliphatic hydroxyl groups excluding tert-OH is 1. The van der Waals surface area contributed by atoms with Crippen LogP contribution in [0.1, 0.15) is 113 Å². The minimum Gasteiger partial charge on any atom is -0.481 e. The van der Waals surface area contributed by atoms with Crippen LogP contribution in [-0.2, 0) is 14.4 Å². The van der Waals surface area contributed by atoms with Gasteiger partial charge in [0.25, 0.3) is 0 Å². The van der Waals surface area contributed by atoms with Gasteiger partial charge in [-0.1, -0.05) is 65.8 Å². The van der Waals surface area contributed by atoms with Gasteiger partial charge in [-0.25, -0.2) is 0 Å². The molecule has 0 radical (unpaired) electrons. The average molecular weight is 527 g/mol. The van der Waals surface area contributed by atoms with E-state index < -0.39 is 11.4 Å². The topological polar surface area (TPSA) is 91.7 Å². The zero-order valence-electron chi connectivity index (χ0n) is 25.0. The molecule has 0 fully saturated rings. The van der Waals surface area contributed by atoms with Crippen molar-refractivity contribution in [3.63, 3.8) is 0 Å². The number of hydrogen-bond acceptors (Lipinski definition) is 4. The second kappa shape index (κ2) is 12.3. The van der Waals surface area contributed by atoms with Gasteiger partial charge in [-0.15, -0.1) is 0 Å². The molecule has 2 rings (SSSR count). The largest absolute Gasteiger partial charge is 0.481 e. The Morgan fingerprint density at radius 3 is 1.37 bits per heavy atom. The SMILES string of the molecule is CC1(C)C=C(CCCC2=CC(C)(C)C=C(CCCC(C)(C)C(=O)O)C2=O)C(=O)C(CCCC(C)(C)CO)=C1. The van der Waals surface area contributed by atoms with Crippen LogP contribution in [0.4, 0.5) is 0 Å². The summed E-state index contributed by atoms with van der Waals surface area (Å²) in [7, 11) is 0. The van der Waals surface area contributed by atoms with Gasteiger partial charge in [-0.3, -0.25) is 14.4 Å². The maximum Gasteiger partial charge on any atom is 0.309 e. The van der Waals surface area contributed by atoms with Crippen molar-refractivity contribution in [1.29, 1.82) is 0 Å². The number of carboxylic acids is 1. The Hall–Kier alpha value is -2.27. The van der Waals surface area contributed by atoms with Crippen LogP contribution in [0.3, 0.4) is 0 Å². The predicted molar refractivity (Wildman–Crippen MR) is 154 cm³/mol. The zero-order valence-corrected chi connectivity index (χ0v) is 25.0. The van der Waals surface area contributed by atoms with Crippen molar-refractivity contribution in [3.05, 3.63) is 46.6 Å². The second-order valence-electron chi connectivity index (χ2n) is 14.1. The molecule has 0 amide bonds. The molecule has 0 bridgehead atoms. The van der Waals surface area contributed by atoms with Crippen LogP contribution in [0.25, 0.3) is 0 Å². The molecule has 0 aliphatic heterocycles. The lowest BCUT2D eigenvalue weighted by Crippen LogP contribution is -2.24. The number of rotatable bonds is 14. The summed E-state index contributed by atoms with van der Waals surface area (Å²) in [5, 5.41) is 18.9. The molecule has 0 unspecified atom stereocenters. The summed E-state index contributed by atoms with van der Waals surface area (Å²) in [6, 6.07) is 0. The fraction of sp³-hybridized carbons (Fsp3) is 0.667. The number of Topliss-reactive ketones (excluding diaryl/α,β-unsaturated/α-hetero) is 2. The molecule has 5 nitrogen and oxygen atoms in total. The quantitative estimate of drug-likeness (QED) is 0.244. The first-order valence-corrected chi connectivity index (χ1v) is 14.2. The van der Waals surface area contributed by atoms with Crippen molar-refractivity contribution >= 4 is 17.5 Å². The van der Waals surface area contributed by atoms with E-state index >= 15 is 0 Å². The summed E-state index contributed by atoms with van der Waals surface area (Å²) in [6.07, 6.45) is 14.4. The van der Waals surface area contributed by atoms with Crippen molar-refractivity contribution in [2.75, 3.05) is 6.61 Å². The molecule has 0 heterocycles. The Balaban J connectivity index is 1.99. The minimum atomic E-state index is -0.816. The van der Waals surface area contributed by atoms with Gasteiger partial charge in [0.1, 0.15) is 0 Å². The molecule has 2 N–H and O–H groups in total. The fourth-order valence-electron chi connectivity index (χ4n) is 5.43. The molecule has 0 atom stereocenters. The van der Waals surface area contributed by atoms with Crippen LogP contribution in [0.5, 0.6) is 0 Å². The summed E-state index contributed by atoms with van der Waals surface area (Å²) < 4.78 is 0. The lowest BCUT2D eigenvalue weighted by Gasteiger charge is -2.28. The van der Waals surface area contributed by atoms with E-state index in [9.17, 15) is 24.6 Å². The Labute approximate surface area is 230 Å². The van der Waals surface area contributed by atoms with Crippen molar-refractivity contribution in [2.24, 2.45) is 21.7 Å². The molecule has 0 aromatic heterocycles. The first-order chi connectivity index (χ1) is 17.4. The van der Waals surface area contributed by atoms with Crippen LogP contribution in [0, 0.1) is 21.7 Å². The van der Waals surface area contributed by atoms with Gasteiger partial charge >= 0.3 is 5.97 Å². The van der Waals surface area contributed by atoms with E-state index in [0.29, 0.717) is 38.5 Å². The molecule has 0 aromatic rings. The van der Waals surface area contributed by atoms with Crippen LogP contribution in [0.15, 0.2) is 46.6 Å². The number of aliphatic carboxylic acids is 1. The number of carbonyl (C=O) groups is 3. The lowest BCUT2D eigenvalue weighted by atomic mass is 9.76. The van der Waals surface area contributed by atoms with E-state index in [4.69, 9.17) is 0 Å². The molecule has 0 saturated heterocycles. The highest BCUT2D eigenvalue weighted by atomic mass is 16.4. The van der Waals surface area contributed by atoms with Crippen LogP contribution in [0.2, 0.25) is 0 Å². The van der Waals surface area contributed by atoms with Crippen molar-refractivity contribution in [2.45, 2.75) is 113 Å². The molecular weight excluding hydrogens is 476 g/mol. The third-order valence-electron chi connectivity index (χ3n) is 7.80. The van der Waals surface area contributed by atoms with E-state index in [1.807, 2.05) is 19.9 Å². The Morgan fingerprint density at radius 1 is 0.684 bits per heavy atom. The predicted octanol–water partition coefficient (Wildman–Crippen LogP) is 7.55. The van der Waals surface area contributed by atoms with E-state index in [-0.39, 0.29) is 34.4 Å². The van der Waals surface area contributed by atoms with Crippen LogP contribution < -0.4 is 0 Å². The Kier molecular flexibility index (Phi) is 10.3. The summed E-state index contributed by atoms with van der Waals surface area (Å²) >= 11 is 0. The molecule has 5 heteroatoms. The number of carboxylic acid groups (broad SMARTS) is 1. The minimum absolute atomic E-state index is 0.0637. The van der Waals surface area contributed by atoms with Crippen LogP contribution >= 0.6 is 0 Å². The average Bonchev–Trinajstić information content (AvgIpc) is 2.78. The van der Waals surface area contributed by atoms with Crippen LogP contribution in [-0.4, -0.2) is 34.4 Å². The second-order valence-corrected chi connectivity index (χ2v) is 14.1.